The number of anilines is 1. The number of benzene rings is 2. The number of rotatable bonds is 7. The first-order valence-corrected chi connectivity index (χ1v) is 10.0. The Bertz CT molecular complexity index is 849. The summed E-state index contributed by atoms with van der Waals surface area (Å²) in [4.78, 5) is 27.8. The van der Waals surface area contributed by atoms with Crippen LogP contribution in [0, 0.1) is 0 Å². The Balaban J connectivity index is 1.55. The summed E-state index contributed by atoms with van der Waals surface area (Å²) in [5.41, 5.74) is 2.83. The minimum absolute atomic E-state index is 0.0202. The van der Waals surface area contributed by atoms with Crippen molar-refractivity contribution in [2.75, 3.05) is 38.7 Å². The van der Waals surface area contributed by atoms with Crippen molar-refractivity contribution in [3.63, 3.8) is 0 Å². The van der Waals surface area contributed by atoms with Gasteiger partial charge in [-0.1, -0.05) is 18.2 Å². The van der Waals surface area contributed by atoms with Crippen LogP contribution in [0.4, 0.5) is 5.69 Å². The predicted molar refractivity (Wildman–Crippen MR) is 117 cm³/mol. The summed E-state index contributed by atoms with van der Waals surface area (Å²) in [5.74, 6) is 0.384. The topological polar surface area (TPSA) is 49.9 Å². The van der Waals surface area contributed by atoms with E-state index in [1.807, 2.05) is 18.2 Å². The van der Waals surface area contributed by atoms with Crippen molar-refractivity contribution in [3.05, 3.63) is 65.7 Å². The number of hydrogen-bond donors (Lipinski definition) is 0. The average molecular weight is 392 g/mol. The number of likely N-dealkylation sites (N-methyl/N-ethyl adjacent to an activating group) is 1. The number of ketones is 1. The second-order valence-corrected chi connectivity index (χ2v) is 7.44. The zero-order valence-corrected chi connectivity index (χ0v) is 17.1. The van der Waals surface area contributed by atoms with Gasteiger partial charge in [-0.25, -0.2) is 0 Å². The van der Waals surface area contributed by atoms with Crippen LogP contribution in [-0.2, 0) is 4.79 Å². The average Bonchev–Trinajstić information content (AvgIpc) is 2.77. The number of piperidine rings is 1. The minimum atomic E-state index is -0.112. The monoisotopic (exact) mass is 392 g/mol. The van der Waals surface area contributed by atoms with Gasteiger partial charge in [0.2, 0.25) is 0 Å². The number of carbonyl (C=O) groups is 2. The van der Waals surface area contributed by atoms with Gasteiger partial charge >= 0.3 is 0 Å². The highest BCUT2D eigenvalue weighted by atomic mass is 16.5. The van der Waals surface area contributed by atoms with Crippen LogP contribution in [0.25, 0.3) is 6.08 Å². The van der Waals surface area contributed by atoms with E-state index in [-0.39, 0.29) is 18.3 Å². The van der Waals surface area contributed by atoms with Crippen LogP contribution in [0.1, 0.15) is 35.2 Å². The highest BCUT2D eigenvalue weighted by Crippen LogP contribution is 2.21. The Hall–Kier alpha value is -3.08. The Morgan fingerprint density at radius 1 is 0.966 bits per heavy atom. The second-order valence-electron chi connectivity index (χ2n) is 7.44. The summed E-state index contributed by atoms with van der Waals surface area (Å²) in [6.45, 7) is 2.22. The Labute approximate surface area is 172 Å². The molecule has 0 bridgehead atoms. The number of nitrogens with zero attached hydrogens (tertiary/aromatic N) is 2. The molecule has 1 aliphatic rings. The van der Waals surface area contributed by atoms with E-state index in [2.05, 4.69) is 17.0 Å². The van der Waals surface area contributed by atoms with Gasteiger partial charge in [0.15, 0.2) is 12.4 Å². The molecule has 5 heteroatoms. The molecule has 0 saturated carbocycles. The third-order valence-corrected chi connectivity index (χ3v) is 5.04. The van der Waals surface area contributed by atoms with Crippen LogP contribution in [0.5, 0.6) is 5.75 Å². The largest absolute Gasteiger partial charge is 0.484 e. The molecule has 152 valence electrons. The zero-order valence-electron chi connectivity index (χ0n) is 17.1. The molecule has 1 amide bonds. The fourth-order valence-corrected chi connectivity index (χ4v) is 3.21. The standard InChI is InChI=1S/C24H28N2O3/c1-25(2)24(28)18-29-22-13-9-20(10-14-22)23(27)15-8-19-6-11-21(12-7-19)26-16-4-3-5-17-26/h6-15H,3-5,16-18H2,1-2H3. The van der Waals surface area contributed by atoms with Crippen molar-refractivity contribution in [1.29, 1.82) is 0 Å². The fraction of sp³-hybridized carbons (Fsp3) is 0.333. The van der Waals surface area contributed by atoms with E-state index in [0.29, 0.717) is 11.3 Å². The number of carbonyl (C=O) groups excluding carboxylic acids is 2. The molecule has 3 rings (SSSR count). The van der Waals surface area contributed by atoms with Crippen molar-refractivity contribution < 1.29 is 14.3 Å². The summed E-state index contributed by atoms with van der Waals surface area (Å²) < 4.78 is 5.43. The smallest absolute Gasteiger partial charge is 0.259 e. The summed E-state index contributed by atoms with van der Waals surface area (Å²) in [7, 11) is 3.36. The predicted octanol–water partition coefficient (Wildman–Crippen LogP) is 4.04. The Kier molecular flexibility index (Phi) is 7.06. The molecule has 1 heterocycles. The van der Waals surface area contributed by atoms with Crippen LogP contribution >= 0.6 is 0 Å². The third-order valence-electron chi connectivity index (χ3n) is 5.04. The molecule has 0 aliphatic carbocycles. The van der Waals surface area contributed by atoms with Gasteiger partial charge in [-0.3, -0.25) is 9.59 Å². The first-order valence-electron chi connectivity index (χ1n) is 10.0. The Morgan fingerprint density at radius 3 is 2.24 bits per heavy atom. The number of allylic oxidation sites excluding steroid dienone is 1. The first-order chi connectivity index (χ1) is 14.0. The molecule has 0 unspecified atom stereocenters. The van der Waals surface area contributed by atoms with Gasteiger partial charge in [-0.05, 0) is 67.3 Å². The van der Waals surface area contributed by atoms with Gasteiger partial charge < -0.3 is 14.5 Å². The summed E-state index contributed by atoms with van der Waals surface area (Å²) >= 11 is 0. The van der Waals surface area contributed by atoms with E-state index in [0.717, 1.165) is 18.7 Å². The van der Waals surface area contributed by atoms with E-state index >= 15 is 0 Å². The maximum Gasteiger partial charge on any atom is 0.259 e. The Morgan fingerprint density at radius 2 is 1.62 bits per heavy atom. The minimum Gasteiger partial charge on any atom is -0.484 e. The molecule has 0 radical (unpaired) electrons. The quantitative estimate of drug-likeness (QED) is 0.527. The lowest BCUT2D eigenvalue weighted by Crippen LogP contribution is -2.29. The lowest BCUT2D eigenvalue weighted by molar-refractivity contribution is -0.130. The molecule has 1 fully saturated rings. The summed E-state index contributed by atoms with van der Waals surface area (Å²) in [6.07, 6.45) is 7.25. The lowest BCUT2D eigenvalue weighted by atomic mass is 10.1. The number of amides is 1. The van der Waals surface area contributed by atoms with E-state index in [9.17, 15) is 9.59 Å². The van der Waals surface area contributed by atoms with Crippen molar-refractivity contribution >= 4 is 23.5 Å². The van der Waals surface area contributed by atoms with Gasteiger partial charge in [-0.2, -0.15) is 0 Å². The molecule has 0 spiro atoms. The fourth-order valence-electron chi connectivity index (χ4n) is 3.21. The van der Waals surface area contributed by atoms with Crippen LogP contribution in [0.2, 0.25) is 0 Å². The summed E-state index contributed by atoms with van der Waals surface area (Å²) in [6, 6.07) is 15.2. The molecule has 0 aromatic heterocycles. The van der Waals surface area contributed by atoms with Gasteiger partial charge in [-0.15, -0.1) is 0 Å². The van der Waals surface area contributed by atoms with Gasteiger partial charge in [0, 0.05) is 38.4 Å². The number of hydrogen-bond acceptors (Lipinski definition) is 4. The van der Waals surface area contributed by atoms with Crippen LogP contribution in [0.15, 0.2) is 54.6 Å². The maximum absolute atomic E-state index is 12.4. The maximum atomic E-state index is 12.4. The molecule has 2 aromatic carbocycles. The highest BCUT2D eigenvalue weighted by molar-refractivity contribution is 6.06. The van der Waals surface area contributed by atoms with E-state index in [1.54, 1.807) is 44.4 Å². The molecule has 1 aliphatic heterocycles. The van der Waals surface area contributed by atoms with E-state index < -0.39 is 0 Å². The van der Waals surface area contributed by atoms with Gasteiger partial charge in [0.25, 0.3) is 5.91 Å². The van der Waals surface area contributed by atoms with Crippen molar-refractivity contribution in [1.82, 2.24) is 4.90 Å². The van der Waals surface area contributed by atoms with E-state index in [1.165, 1.54) is 29.8 Å². The SMILES string of the molecule is CN(C)C(=O)COc1ccc(C(=O)C=Cc2ccc(N3CCCCC3)cc2)cc1. The van der Waals surface area contributed by atoms with Gasteiger partial charge in [0.1, 0.15) is 5.75 Å². The second kappa shape index (κ2) is 9.92. The lowest BCUT2D eigenvalue weighted by Gasteiger charge is -2.28. The van der Waals surface area contributed by atoms with Crippen molar-refractivity contribution in [2.45, 2.75) is 19.3 Å². The zero-order chi connectivity index (χ0) is 20.6. The van der Waals surface area contributed by atoms with Crippen LogP contribution < -0.4 is 9.64 Å². The first kappa shape index (κ1) is 20.6. The van der Waals surface area contributed by atoms with Gasteiger partial charge in [0.05, 0.1) is 0 Å². The highest BCUT2D eigenvalue weighted by Gasteiger charge is 2.10. The van der Waals surface area contributed by atoms with Crippen molar-refractivity contribution in [2.24, 2.45) is 0 Å². The molecular formula is C24H28N2O3. The number of ether oxygens (including phenoxy) is 1. The van der Waals surface area contributed by atoms with E-state index in [4.69, 9.17) is 4.74 Å². The third kappa shape index (κ3) is 5.95. The molecule has 0 atom stereocenters. The molecular weight excluding hydrogens is 364 g/mol. The molecule has 1 saturated heterocycles. The molecule has 29 heavy (non-hydrogen) atoms. The molecule has 5 nitrogen and oxygen atoms in total. The van der Waals surface area contributed by atoms with Crippen LogP contribution in [0.3, 0.4) is 0 Å². The van der Waals surface area contributed by atoms with Crippen molar-refractivity contribution in [3.8, 4) is 5.75 Å². The molecule has 2 aromatic rings. The molecule has 0 N–H and O–H groups in total. The summed E-state index contributed by atoms with van der Waals surface area (Å²) in [5, 5.41) is 0. The van der Waals surface area contributed by atoms with Crippen LogP contribution in [-0.4, -0.2) is 50.4 Å². The normalized spacial score (nSPS) is 14.1.